The van der Waals surface area contributed by atoms with Crippen molar-refractivity contribution in [2.24, 2.45) is 11.3 Å². The maximum absolute atomic E-state index is 5.98. The van der Waals surface area contributed by atoms with Gasteiger partial charge in [-0.3, -0.25) is 0 Å². The molecule has 3 heteroatoms. The van der Waals surface area contributed by atoms with E-state index in [1.807, 2.05) is 0 Å². The largest absolute Gasteiger partial charge is 0.378 e. The third-order valence-corrected chi connectivity index (χ3v) is 5.07. The van der Waals surface area contributed by atoms with Crippen molar-refractivity contribution in [1.82, 2.24) is 10.2 Å². The van der Waals surface area contributed by atoms with Gasteiger partial charge in [0.1, 0.15) is 0 Å². The minimum Gasteiger partial charge on any atom is -0.378 e. The number of piperidine rings is 2. The summed E-state index contributed by atoms with van der Waals surface area (Å²) < 4.78 is 5.98. The minimum absolute atomic E-state index is 0.490. The lowest BCUT2D eigenvalue weighted by Crippen LogP contribution is -2.39. The molecular formula is C17H34N2O. The Morgan fingerprint density at radius 3 is 2.30 bits per heavy atom. The summed E-state index contributed by atoms with van der Waals surface area (Å²) in [5.74, 6) is 0.907. The van der Waals surface area contributed by atoms with Crippen molar-refractivity contribution < 1.29 is 4.74 Å². The number of nitrogens with one attached hydrogen (secondary N) is 1. The van der Waals surface area contributed by atoms with Crippen LogP contribution in [0.4, 0.5) is 0 Å². The summed E-state index contributed by atoms with van der Waals surface area (Å²) in [4.78, 5) is 2.63. The predicted molar refractivity (Wildman–Crippen MR) is 85.1 cm³/mol. The van der Waals surface area contributed by atoms with Crippen molar-refractivity contribution in [2.45, 2.75) is 59.0 Å². The molecule has 2 rings (SSSR count). The van der Waals surface area contributed by atoms with Crippen LogP contribution in [-0.4, -0.2) is 50.3 Å². The molecule has 2 aliphatic heterocycles. The second kappa shape index (κ2) is 7.77. The van der Waals surface area contributed by atoms with Gasteiger partial charge in [0.15, 0.2) is 0 Å². The fourth-order valence-corrected chi connectivity index (χ4v) is 3.52. The average Bonchev–Trinajstić information content (AvgIpc) is 2.44. The van der Waals surface area contributed by atoms with Crippen LogP contribution in [0.3, 0.4) is 0 Å². The maximum Gasteiger partial charge on any atom is 0.0599 e. The topological polar surface area (TPSA) is 24.5 Å². The molecule has 0 amide bonds. The molecule has 0 aromatic heterocycles. The summed E-state index contributed by atoms with van der Waals surface area (Å²) in [5, 5.41) is 3.38. The second-order valence-corrected chi connectivity index (χ2v) is 7.66. The van der Waals surface area contributed by atoms with E-state index in [-0.39, 0.29) is 0 Å². The molecule has 20 heavy (non-hydrogen) atoms. The summed E-state index contributed by atoms with van der Waals surface area (Å²) in [6, 6.07) is 0. The van der Waals surface area contributed by atoms with Gasteiger partial charge in [-0.25, -0.2) is 0 Å². The molecule has 0 aliphatic carbocycles. The van der Waals surface area contributed by atoms with Gasteiger partial charge in [0, 0.05) is 13.2 Å². The SMILES string of the molecule is CC(C)(C)C1CCN(CCCOC2CCNCC2)CC1. The maximum atomic E-state index is 5.98. The quantitative estimate of drug-likeness (QED) is 0.785. The molecule has 2 heterocycles. The summed E-state index contributed by atoms with van der Waals surface area (Å²) >= 11 is 0. The van der Waals surface area contributed by atoms with Crippen LogP contribution in [0.1, 0.15) is 52.9 Å². The second-order valence-electron chi connectivity index (χ2n) is 7.66. The highest BCUT2D eigenvalue weighted by Crippen LogP contribution is 2.34. The molecular weight excluding hydrogens is 248 g/mol. The van der Waals surface area contributed by atoms with Gasteiger partial charge in [-0.05, 0) is 69.6 Å². The summed E-state index contributed by atoms with van der Waals surface area (Å²) in [6.45, 7) is 14.2. The van der Waals surface area contributed by atoms with Crippen molar-refractivity contribution in [3.05, 3.63) is 0 Å². The third kappa shape index (κ3) is 5.34. The first-order chi connectivity index (χ1) is 9.55. The number of likely N-dealkylation sites (tertiary alicyclic amines) is 1. The lowest BCUT2D eigenvalue weighted by atomic mass is 9.75. The van der Waals surface area contributed by atoms with Crippen molar-refractivity contribution >= 4 is 0 Å². The monoisotopic (exact) mass is 282 g/mol. The molecule has 2 aliphatic rings. The van der Waals surface area contributed by atoms with E-state index in [0.717, 1.165) is 25.6 Å². The molecule has 2 fully saturated rings. The molecule has 0 atom stereocenters. The Hall–Kier alpha value is -0.120. The first-order valence-corrected chi connectivity index (χ1v) is 8.60. The number of nitrogens with zero attached hydrogens (tertiary/aromatic N) is 1. The predicted octanol–water partition coefficient (Wildman–Crippen LogP) is 2.90. The summed E-state index contributed by atoms with van der Waals surface area (Å²) in [5.41, 5.74) is 0.490. The smallest absolute Gasteiger partial charge is 0.0599 e. The lowest BCUT2D eigenvalue weighted by Gasteiger charge is -2.38. The average molecular weight is 282 g/mol. The van der Waals surface area contributed by atoms with Crippen molar-refractivity contribution in [1.29, 1.82) is 0 Å². The molecule has 0 spiro atoms. The van der Waals surface area contributed by atoms with Gasteiger partial charge in [-0.2, -0.15) is 0 Å². The van der Waals surface area contributed by atoms with Gasteiger partial charge in [0.2, 0.25) is 0 Å². The van der Waals surface area contributed by atoms with Crippen LogP contribution >= 0.6 is 0 Å². The van der Waals surface area contributed by atoms with Crippen LogP contribution in [0.2, 0.25) is 0 Å². The lowest BCUT2D eigenvalue weighted by molar-refractivity contribution is 0.0246. The highest BCUT2D eigenvalue weighted by molar-refractivity contribution is 4.80. The van der Waals surface area contributed by atoms with E-state index in [1.165, 1.54) is 51.7 Å². The first-order valence-electron chi connectivity index (χ1n) is 8.60. The fraction of sp³-hybridized carbons (Fsp3) is 1.00. The minimum atomic E-state index is 0.490. The van der Waals surface area contributed by atoms with Crippen molar-refractivity contribution in [3.8, 4) is 0 Å². The zero-order valence-electron chi connectivity index (χ0n) is 13.8. The van der Waals surface area contributed by atoms with E-state index in [1.54, 1.807) is 0 Å². The van der Waals surface area contributed by atoms with Gasteiger partial charge >= 0.3 is 0 Å². The normalized spacial score (nSPS) is 24.1. The molecule has 118 valence electrons. The van der Waals surface area contributed by atoms with Gasteiger partial charge in [-0.15, -0.1) is 0 Å². The molecule has 0 bridgehead atoms. The molecule has 1 N–H and O–H groups in total. The van der Waals surface area contributed by atoms with E-state index < -0.39 is 0 Å². The van der Waals surface area contributed by atoms with Gasteiger partial charge in [0.25, 0.3) is 0 Å². The van der Waals surface area contributed by atoms with Crippen LogP contribution in [0.25, 0.3) is 0 Å². The van der Waals surface area contributed by atoms with Crippen LogP contribution in [0.5, 0.6) is 0 Å². The highest BCUT2D eigenvalue weighted by atomic mass is 16.5. The number of hydrogen-bond donors (Lipinski definition) is 1. The highest BCUT2D eigenvalue weighted by Gasteiger charge is 2.28. The number of hydrogen-bond acceptors (Lipinski definition) is 3. The van der Waals surface area contributed by atoms with E-state index in [2.05, 4.69) is 31.0 Å². The Kier molecular flexibility index (Phi) is 6.31. The van der Waals surface area contributed by atoms with Crippen LogP contribution in [0, 0.1) is 11.3 Å². The molecule has 0 saturated carbocycles. The Labute approximate surface area is 125 Å². The van der Waals surface area contributed by atoms with Crippen molar-refractivity contribution in [3.63, 3.8) is 0 Å². The fourth-order valence-electron chi connectivity index (χ4n) is 3.52. The zero-order chi connectivity index (χ0) is 14.4. The van der Waals surface area contributed by atoms with Crippen molar-refractivity contribution in [2.75, 3.05) is 39.3 Å². The Balaban J connectivity index is 1.53. The Morgan fingerprint density at radius 2 is 1.70 bits per heavy atom. The first kappa shape index (κ1) is 16.3. The number of rotatable bonds is 5. The molecule has 3 nitrogen and oxygen atoms in total. The molecule has 0 unspecified atom stereocenters. The van der Waals surface area contributed by atoms with Crippen LogP contribution < -0.4 is 5.32 Å². The standard InChI is InChI=1S/C17H34N2O/c1-17(2,3)15-7-12-19(13-8-15)11-4-14-20-16-5-9-18-10-6-16/h15-16,18H,4-14H2,1-3H3. The van der Waals surface area contributed by atoms with E-state index in [4.69, 9.17) is 4.74 Å². The molecule has 0 aromatic carbocycles. The Bertz CT molecular complexity index is 261. The van der Waals surface area contributed by atoms with Gasteiger partial charge in [-0.1, -0.05) is 20.8 Å². The Morgan fingerprint density at radius 1 is 1.05 bits per heavy atom. The van der Waals surface area contributed by atoms with Gasteiger partial charge in [0.05, 0.1) is 6.10 Å². The molecule has 0 aromatic rings. The summed E-state index contributed by atoms with van der Waals surface area (Å²) in [6.07, 6.45) is 6.85. The van der Waals surface area contributed by atoms with E-state index in [9.17, 15) is 0 Å². The van der Waals surface area contributed by atoms with Crippen LogP contribution in [-0.2, 0) is 4.74 Å². The number of ether oxygens (including phenoxy) is 1. The van der Waals surface area contributed by atoms with E-state index >= 15 is 0 Å². The van der Waals surface area contributed by atoms with Crippen LogP contribution in [0.15, 0.2) is 0 Å². The molecule has 2 saturated heterocycles. The van der Waals surface area contributed by atoms with E-state index in [0.29, 0.717) is 11.5 Å². The summed E-state index contributed by atoms with van der Waals surface area (Å²) in [7, 11) is 0. The third-order valence-electron chi connectivity index (χ3n) is 5.07. The molecule has 0 radical (unpaired) electrons. The zero-order valence-corrected chi connectivity index (χ0v) is 13.8. The van der Waals surface area contributed by atoms with Gasteiger partial charge < -0.3 is 15.0 Å².